The zero-order valence-electron chi connectivity index (χ0n) is 20.0. The second kappa shape index (κ2) is 8.83. The number of furan rings is 1. The lowest BCUT2D eigenvalue weighted by molar-refractivity contribution is 0.00578. The maximum absolute atomic E-state index is 6.47. The van der Waals surface area contributed by atoms with Crippen molar-refractivity contribution < 1.29 is 23.2 Å². The Balaban J connectivity index is 1.87. The van der Waals surface area contributed by atoms with E-state index in [4.69, 9.17) is 23.2 Å². The summed E-state index contributed by atoms with van der Waals surface area (Å²) in [7, 11) is 1.09. The fourth-order valence-corrected chi connectivity index (χ4v) is 4.12. The smallest absolute Gasteiger partial charge is 0.493 e. The minimum Gasteiger partial charge on any atom is -0.493 e. The standard InChI is InChI=1S/C26H33BO5/c1-7-8-14-19-21(27-31-25(2,3)26(4,5)32-27)24(28-6)23-20(15-16-29-23)22(19)30-17-18-12-10-9-11-13-18/h9-13,15-16H,7-8,14,17H2,1-6H3. The Bertz CT molecular complexity index is 1050. The molecule has 5 nitrogen and oxygen atoms in total. The van der Waals surface area contributed by atoms with Crippen LogP contribution >= 0.6 is 0 Å². The van der Waals surface area contributed by atoms with E-state index in [2.05, 4.69) is 46.8 Å². The van der Waals surface area contributed by atoms with Crippen LogP contribution in [0.15, 0.2) is 47.1 Å². The van der Waals surface area contributed by atoms with Crippen molar-refractivity contribution >= 4 is 23.6 Å². The fourth-order valence-electron chi connectivity index (χ4n) is 4.12. The van der Waals surface area contributed by atoms with Crippen molar-refractivity contribution in [3.63, 3.8) is 0 Å². The molecule has 0 aliphatic carbocycles. The van der Waals surface area contributed by atoms with Crippen LogP contribution in [0.3, 0.4) is 0 Å². The molecule has 0 unspecified atom stereocenters. The van der Waals surface area contributed by atoms with Gasteiger partial charge in [-0.05, 0) is 57.7 Å². The van der Waals surface area contributed by atoms with Crippen LogP contribution in [0.1, 0.15) is 58.6 Å². The summed E-state index contributed by atoms with van der Waals surface area (Å²) in [5.74, 6) is 1.47. The van der Waals surface area contributed by atoms with Gasteiger partial charge in [0.05, 0.1) is 30.0 Å². The topological polar surface area (TPSA) is 50.1 Å². The van der Waals surface area contributed by atoms with Crippen LogP contribution in [0.4, 0.5) is 0 Å². The van der Waals surface area contributed by atoms with E-state index in [0.29, 0.717) is 17.9 Å². The SMILES string of the molecule is CCCCc1c(B2OC(C)(C)C(C)(C)O2)c(OC)c2occc2c1OCc1ccccc1. The first-order valence-corrected chi connectivity index (χ1v) is 11.4. The maximum Gasteiger partial charge on any atom is 0.499 e. The number of hydrogen-bond donors (Lipinski definition) is 0. The second-order valence-corrected chi connectivity index (χ2v) is 9.38. The van der Waals surface area contributed by atoms with Crippen molar-refractivity contribution in [3.8, 4) is 11.5 Å². The molecule has 1 aromatic heterocycles. The Labute approximate surface area is 191 Å². The van der Waals surface area contributed by atoms with Gasteiger partial charge in [0.1, 0.15) is 12.4 Å². The molecule has 1 saturated heterocycles. The highest BCUT2D eigenvalue weighted by Crippen LogP contribution is 2.42. The predicted molar refractivity (Wildman–Crippen MR) is 128 cm³/mol. The number of benzene rings is 2. The molecule has 1 fully saturated rings. The molecule has 170 valence electrons. The first-order valence-electron chi connectivity index (χ1n) is 11.4. The highest BCUT2D eigenvalue weighted by Gasteiger charge is 2.53. The van der Waals surface area contributed by atoms with E-state index in [1.807, 2.05) is 24.3 Å². The number of unbranched alkanes of at least 4 members (excludes halogenated alkanes) is 1. The molecule has 1 aliphatic rings. The molecule has 0 atom stereocenters. The van der Waals surface area contributed by atoms with Crippen molar-refractivity contribution in [1.29, 1.82) is 0 Å². The largest absolute Gasteiger partial charge is 0.499 e. The van der Waals surface area contributed by atoms with Gasteiger partial charge in [-0.3, -0.25) is 0 Å². The quantitative estimate of drug-likeness (QED) is 0.427. The molecule has 6 heteroatoms. The zero-order valence-corrected chi connectivity index (χ0v) is 20.0. The van der Waals surface area contributed by atoms with Gasteiger partial charge in [-0.25, -0.2) is 0 Å². The van der Waals surface area contributed by atoms with Crippen LogP contribution < -0.4 is 14.9 Å². The highest BCUT2D eigenvalue weighted by atomic mass is 16.7. The van der Waals surface area contributed by atoms with Crippen LogP contribution in [-0.2, 0) is 22.3 Å². The Kier molecular flexibility index (Phi) is 6.28. The summed E-state index contributed by atoms with van der Waals surface area (Å²) in [6, 6.07) is 12.1. The normalized spacial score (nSPS) is 17.1. The van der Waals surface area contributed by atoms with E-state index < -0.39 is 18.3 Å². The van der Waals surface area contributed by atoms with Crippen molar-refractivity contribution in [3.05, 3.63) is 53.8 Å². The summed E-state index contributed by atoms with van der Waals surface area (Å²) in [6.45, 7) is 10.9. The first-order chi connectivity index (χ1) is 15.3. The lowest BCUT2D eigenvalue weighted by atomic mass is 9.73. The molecule has 3 aromatic rings. The Hall–Kier alpha value is -2.44. The van der Waals surface area contributed by atoms with E-state index in [-0.39, 0.29) is 0 Å². The van der Waals surface area contributed by atoms with Gasteiger partial charge in [-0.15, -0.1) is 0 Å². The molecule has 0 spiro atoms. The third kappa shape index (κ3) is 4.02. The Morgan fingerprint density at radius 2 is 1.62 bits per heavy atom. The van der Waals surface area contributed by atoms with E-state index in [1.165, 1.54) is 0 Å². The van der Waals surface area contributed by atoms with Crippen LogP contribution in [-0.4, -0.2) is 25.4 Å². The predicted octanol–water partition coefficient (Wildman–Crippen LogP) is 5.66. The van der Waals surface area contributed by atoms with Crippen LogP contribution in [0.2, 0.25) is 0 Å². The van der Waals surface area contributed by atoms with E-state index in [9.17, 15) is 0 Å². The monoisotopic (exact) mass is 436 g/mol. The number of rotatable bonds is 8. The van der Waals surface area contributed by atoms with Crippen molar-refractivity contribution in [1.82, 2.24) is 0 Å². The van der Waals surface area contributed by atoms with Crippen LogP contribution in [0.5, 0.6) is 11.5 Å². The van der Waals surface area contributed by atoms with Gasteiger partial charge in [0, 0.05) is 5.46 Å². The number of hydrogen-bond acceptors (Lipinski definition) is 5. The molecule has 32 heavy (non-hydrogen) atoms. The third-order valence-electron chi connectivity index (χ3n) is 6.66. The summed E-state index contributed by atoms with van der Waals surface area (Å²) in [5, 5.41) is 0.907. The Morgan fingerprint density at radius 1 is 0.938 bits per heavy atom. The van der Waals surface area contributed by atoms with Gasteiger partial charge in [-0.1, -0.05) is 43.7 Å². The Morgan fingerprint density at radius 3 is 2.25 bits per heavy atom. The molecule has 1 aliphatic heterocycles. The summed E-state index contributed by atoms with van der Waals surface area (Å²) < 4.78 is 31.2. The molecule has 0 amide bonds. The average Bonchev–Trinajstić information content (AvgIpc) is 3.32. The highest BCUT2D eigenvalue weighted by molar-refractivity contribution is 6.64. The molecule has 2 heterocycles. The fraction of sp³-hybridized carbons (Fsp3) is 0.462. The molecule has 0 radical (unpaired) electrons. The first kappa shape index (κ1) is 22.7. The minimum absolute atomic E-state index is 0.464. The van der Waals surface area contributed by atoms with Crippen molar-refractivity contribution in [2.45, 2.75) is 71.7 Å². The molecule has 0 N–H and O–H groups in total. The average molecular weight is 436 g/mol. The lowest BCUT2D eigenvalue weighted by Gasteiger charge is -2.32. The minimum atomic E-state index is -0.574. The van der Waals surface area contributed by atoms with Gasteiger partial charge in [0.15, 0.2) is 11.3 Å². The van der Waals surface area contributed by atoms with Crippen molar-refractivity contribution in [2.24, 2.45) is 0 Å². The number of fused-ring (bicyclic) bond motifs is 1. The maximum atomic E-state index is 6.47. The summed E-state index contributed by atoms with van der Waals surface area (Å²) >= 11 is 0. The molecular weight excluding hydrogens is 403 g/mol. The van der Waals surface area contributed by atoms with Gasteiger partial charge < -0.3 is 23.2 Å². The van der Waals surface area contributed by atoms with E-state index in [0.717, 1.165) is 47.0 Å². The number of ether oxygens (including phenoxy) is 2. The lowest BCUT2D eigenvalue weighted by Crippen LogP contribution is -2.41. The van der Waals surface area contributed by atoms with Crippen molar-refractivity contribution in [2.75, 3.05) is 7.11 Å². The summed E-state index contributed by atoms with van der Waals surface area (Å²) in [4.78, 5) is 0. The summed E-state index contributed by atoms with van der Waals surface area (Å²) in [5.41, 5.74) is 2.76. The van der Waals surface area contributed by atoms with Gasteiger partial charge >= 0.3 is 7.12 Å². The third-order valence-corrected chi connectivity index (χ3v) is 6.66. The second-order valence-electron chi connectivity index (χ2n) is 9.38. The molecule has 2 aromatic carbocycles. The van der Waals surface area contributed by atoms with Crippen LogP contribution in [0, 0.1) is 0 Å². The molecular formula is C26H33BO5. The van der Waals surface area contributed by atoms with Gasteiger partial charge in [-0.2, -0.15) is 0 Å². The summed E-state index contributed by atoms with van der Waals surface area (Å²) in [6.07, 6.45) is 4.59. The number of methoxy groups -OCH3 is 1. The van der Waals surface area contributed by atoms with Gasteiger partial charge in [0.2, 0.25) is 0 Å². The van der Waals surface area contributed by atoms with Crippen LogP contribution in [0.25, 0.3) is 11.0 Å². The zero-order chi connectivity index (χ0) is 22.9. The van der Waals surface area contributed by atoms with E-state index >= 15 is 0 Å². The van der Waals surface area contributed by atoms with E-state index in [1.54, 1.807) is 13.4 Å². The molecule has 0 saturated carbocycles. The molecule has 0 bridgehead atoms. The molecule has 4 rings (SSSR count). The van der Waals surface area contributed by atoms with Gasteiger partial charge in [0.25, 0.3) is 0 Å².